The first-order valence-electron chi connectivity index (χ1n) is 5.49. The number of benzene rings is 1. The second-order valence-electron chi connectivity index (χ2n) is 4.59. The molecule has 2 heteroatoms. The van der Waals surface area contributed by atoms with Gasteiger partial charge in [-0.2, -0.15) is 0 Å². The maximum Gasteiger partial charge on any atom is 0.0868 e. The van der Waals surface area contributed by atoms with Crippen LogP contribution in [0.4, 0.5) is 0 Å². The molecule has 1 aromatic rings. The molecular formula is C13H19NO. The predicted octanol–water partition coefficient (Wildman–Crippen LogP) is 2.08. The fraction of sp³-hybridized carbons (Fsp3) is 0.538. The molecule has 1 aliphatic carbocycles. The quantitative estimate of drug-likeness (QED) is 0.816. The van der Waals surface area contributed by atoms with Gasteiger partial charge in [0.2, 0.25) is 0 Å². The zero-order chi connectivity index (χ0) is 10.9. The highest BCUT2D eigenvalue weighted by Gasteiger charge is 2.57. The van der Waals surface area contributed by atoms with Gasteiger partial charge in [-0.1, -0.05) is 30.3 Å². The molecule has 1 atom stereocenters. The number of ether oxygens (including phenoxy) is 1. The summed E-state index contributed by atoms with van der Waals surface area (Å²) in [5, 5.41) is 0. The lowest BCUT2D eigenvalue weighted by molar-refractivity contribution is -0.0197. The van der Waals surface area contributed by atoms with Crippen molar-refractivity contribution in [2.75, 3.05) is 13.7 Å². The van der Waals surface area contributed by atoms with E-state index in [1.165, 1.54) is 18.4 Å². The van der Waals surface area contributed by atoms with Gasteiger partial charge in [-0.25, -0.2) is 0 Å². The van der Waals surface area contributed by atoms with Crippen molar-refractivity contribution in [3.63, 3.8) is 0 Å². The molecule has 1 unspecified atom stereocenters. The van der Waals surface area contributed by atoms with E-state index in [0.717, 1.165) is 0 Å². The standard InChI is InChI=1S/C13H19NO/c1-12(10-14,15-2)13(8-9-13)11-6-4-3-5-7-11/h3-7H,8-10,14H2,1-2H3. The molecule has 0 amide bonds. The first-order chi connectivity index (χ1) is 7.18. The van der Waals surface area contributed by atoms with E-state index in [2.05, 4.69) is 31.2 Å². The van der Waals surface area contributed by atoms with Gasteiger partial charge in [0.25, 0.3) is 0 Å². The second kappa shape index (κ2) is 3.62. The molecule has 82 valence electrons. The third-order valence-corrected chi connectivity index (χ3v) is 3.93. The Morgan fingerprint density at radius 3 is 2.33 bits per heavy atom. The molecule has 0 radical (unpaired) electrons. The Kier molecular flexibility index (Phi) is 2.57. The fourth-order valence-electron chi connectivity index (χ4n) is 2.48. The Hall–Kier alpha value is -0.860. The number of rotatable bonds is 4. The van der Waals surface area contributed by atoms with Crippen LogP contribution < -0.4 is 5.73 Å². The third kappa shape index (κ3) is 1.48. The van der Waals surface area contributed by atoms with Crippen LogP contribution in [-0.4, -0.2) is 19.3 Å². The minimum Gasteiger partial charge on any atom is -0.376 e. The maximum absolute atomic E-state index is 5.86. The van der Waals surface area contributed by atoms with Gasteiger partial charge in [0.15, 0.2) is 0 Å². The van der Waals surface area contributed by atoms with Gasteiger partial charge in [-0.15, -0.1) is 0 Å². The SMILES string of the molecule is COC(C)(CN)C1(c2ccccc2)CC1. The van der Waals surface area contributed by atoms with Crippen LogP contribution in [0.15, 0.2) is 30.3 Å². The Bertz CT molecular complexity index is 326. The highest BCUT2D eigenvalue weighted by molar-refractivity contribution is 5.36. The van der Waals surface area contributed by atoms with Crippen LogP contribution in [0.25, 0.3) is 0 Å². The van der Waals surface area contributed by atoms with Crippen LogP contribution in [0, 0.1) is 0 Å². The van der Waals surface area contributed by atoms with Crippen LogP contribution in [0.5, 0.6) is 0 Å². The molecule has 1 saturated carbocycles. The summed E-state index contributed by atoms with van der Waals surface area (Å²) in [5.74, 6) is 0. The molecule has 0 aromatic heterocycles. The van der Waals surface area contributed by atoms with Crippen LogP contribution in [0.2, 0.25) is 0 Å². The topological polar surface area (TPSA) is 35.2 Å². The summed E-state index contributed by atoms with van der Waals surface area (Å²) >= 11 is 0. The summed E-state index contributed by atoms with van der Waals surface area (Å²) in [6.07, 6.45) is 2.36. The summed E-state index contributed by atoms with van der Waals surface area (Å²) in [6, 6.07) is 10.6. The Morgan fingerprint density at radius 2 is 1.93 bits per heavy atom. The van der Waals surface area contributed by atoms with E-state index < -0.39 is 0 Å². The lowest BCUT2D eigenvalue weighted by atomic mass is 9.79. The van der Waals surface area contributed by atoms with Crippen molar-refractivity contribution < 1.29 is 4.74 Å². The summed E-state index contributed by atoms with van der Waals surface area (Å²) in [6.45, 7) is 2.69. The van der Waals surface area contributed by atoms with Crippen LogP contribution in [-0.2, 0) is 10.2 Å². The number of nitrogens with two attached hydrogens (primary N) is 1. The zero-order valence-electron chi connectivity index (χ0n) is 9.49. The van der Waals surface area contributed by atoms with Gasteiger partial charge in [0.1, 0.15) is 0 Å². The predicted molar refractivity (Wildman–Crippen MR) is 61.8 cm³/mol. The van der Waals surface area contributed by atoms with Crippen molar-refractivity contribution in [1.29, 1.82) is 0 Å². The van der Waals surface area contributed by atoms with E-state index >= 15 is 0 Å². The number of hydrogen-bond acceptors (Lipinski definition) is 2. The average Bonchev–Trinajstić information content (AvgIpc) is 3.11. The van der Waals surface area contributed by atoms with E-state index in [1.807, 2.05) is 6.07 Å². The van der Waals surface area contributed by atoms with Crippen molar-refractivity contribution in [2.45, 2.75) is 30.8 Å². The molecule has 1 aliphatic rings. The van der Waals surface area contributed by atoms with Crippen molar-refractivity contribution in [2.24, 2.45) is 5.73 Å². The lowest BCUT2D eigenvalue weighted by Crippen LogP contribution is -2.47. The molecule has 2 rings (SSSR count). The fourth-order valence-corrected chi connectivity index (χ4v) is 2.48. The Morgan fingerprint density at radius 1 is 1.33 bits per heavy atom. The van der Waals surface area contributed by atoms with E-state index in [4.69, 9.17) is 10.5 Å². The maximum atomic E-state index is 5.86. The monoisotopic (exact) mass is 205 g/mol. The molecule has 15 heavy (non-hydrogen) atoms. The van der Waals surface area contributed by atoms with E-state index in [9.17, 15) is 0 Å². The van der Waals surface area contributed by atoms with Gasteiger partial charge in [-0.3, -0.25) is 0 Å². The minimum atomic E-state index is -0.228. The van der Waals surface area contributed by atoms with E-state index in [-0.39, 0.29) is 11.0 Å². The van der Waals surface area contributed by atoms with Crippen molar-refractivity contribution in [3.05, 3.63) is 35.9 Å². The summed E-state index contributed by atoms with van der Waals surface area (Å²) in [5.41, 5.74) is 7.14. The normalized spacial score (nSPS) is 22.1. The van der Waals surface area contributed by atoms with E-state index in [0.29, 0.717) is 6.54 Å². The van der Waals surface area contributed by atoms with Crippen molar-refractivity contribution >= 4 is 0 Å². The van der Waals surface area contributed by atoms with Gasteiger partial charge in [0, 0.05) is 19.1 Å². The third-order valence-electron chi connectivity index (χ3n) is 3.93. The zero-order valence-corrected chi connectivity index (χ0v) is 9.49. The molecule has 0 bridgehead atoms. The molecule has 0 heterocycles. The van der Waals surface area contributed by atoms with Crippen LogP contribution >= 0.6 is 0 Å². The molecule has 0 spiro atoms. The Balaban J connectivity index is 2.36. The average molecular weight is 205 g/mol. The highest BCUT2D eigenvalue weighted by Crippen LogP contribution is 2.56. The summed E-state index contributed by atoms with van der Waals surface area (Å²) < 4.78 is 5.64. The molecule has 1 fully saturated rings. The first-order valence-corrected chi connectivity index (χ1v) is 5.49. The molecule has 2 N–H and O–H groups in total. The first kappa shape index (κ1) is 10.7. The molecule has 2 nitrogen and oxygen atoms in total. The van der Waals surface area contributed by atoms with Crippen LogP contribution in [0.3, 0.4) is 0 Å². The molecule has 0 saturated heterocycles. The van der Waals surface area contributed by atoms with E-state index in [1.54, 1.807) is 7.11 Å². The van der Waals surface area contributed by atoms with Gasteiger partial charge >= 0.3 is 0 Å². The minimum absolute atomic E-state index is 0.151. The smallest absolute Gasteiger partial charge is 0.0868 e. The number of methoxy groups -OCH3 is 1. The molecule has 1 aromatic carbocycles. The summed E-state index contributed by atoms with van der Waals surface area (Å²) in [7, 11) is 1.76. The lowest BCUT2D eigenvalue weighted by Gasteiger charge is -2.36. The Labute approximate surface area is 91.4 Å². The van der Waals surface area contributed by atoms with Gasteiger partial charge < -0.3 is 10.5 Å². The highest BCUT2D eigenvalue weighted by atomic mass is 16.5. The van der Waals surface area contributed by atoms with Crippen molar-refractivity contribution in [3.8, 4) is 0 Å². The van der Waals surface area contributed by atoms with Crippen LogP contribution in [0.1, 0.15) is 25.3 Å². The summed E-state index contributed by atoms with van der Waals surface area (Å²) in [4.78, 5) is 0. The second-order valence-corrected chi connectivity index (χ2v) is 4.59. The van der Waals surface area contributed by atoms with Gasteiger partial charge in [0.05, 0.1) is 5.60 Å². The largest absolute Gasteiger partial charge is 0.376 e. The molecule has 0 aliphatic heterocycles. The van der Waals surface area contributed by atoms with Gasteiger partial charge in [-0.05, 0) is 25.3 Å². The van der Waals surface area contributed by atoms with Crippen molar-refractivity contribution in [1.82, 2.24) is 0 Å². The molecular weight excluding hydrogens is 186 g/mol. The number of hydrogen-bond donors (Lipinski definition) is 1.